The van der Waals surface area contributed by atoms with E-state index in [0.717, 1.165) is 0 Å². The predicted octanol–water partition coefficient (Wildman–Crippen LogP) is 3.30. The van der Waals surface area contributed by atoms with E-state index in [-0.39, 0.29) is 54.6 Å². The van der Waals surface area contributed by atoms with E-state index in [1.54, 1.807) is 24.8 Å². The molecule has 0 radical (unpaired) electrons. The number of imidazole rings is 1. The summed E-state index contributed by atoms with van der Waals surface area (Å²) in [6.07, 6.45) is 13.9. The molecule has 0 N–H and O–H groups in total. The molecule has 3 aromatic heterocycles. The Balaban J connectivity index is 0.00000107. The van der Waals surface area contributed by atoms with E-state index in [2.05, 4.69) is 142 Å². The largest absolute Gasteiger partial charge is 2.00 e. The zero-order valence-corrected chi connectivity index (χ0v) is 32.0. The molecule has 242 valence electrons. The zero-order chi connectivity index (χ0) is 30.8. The minimum atomic E-state index is -0.485. The summed E-state index contributed by atoms with van der Waals surface area (Å²) in [4.78, 5) is 7.57. The normalized spacial score (nSPS) is 10.4. The molecule has 0 spiro atoms. The summed E-state index contributed by atoms with van der Waals surface area (Å²) in [5.74, 6) is 1.24. The van der Waals surface area contributed by atoms with Crippen LogP contribution in [-0.4, -0.2) is 24.8 Å². The predicted molar refractivity (Wildman–Crippen MR) is 179 cm³/mol. The standard InChI is InChI=1S/C27H37N2P.2C5H5N.2ClH.Ru/c1-20-17-21(2)25(22(3)18-20)28-15-16-29(30(26(4,5)6)27(7,8)9)24(28)19-23-13-11-10-12-14-23;2*1-2-4-6-5-3-1;;;/h10-19H,1-9H3;2*1-5H;2*1H;/q;;;;;+2/p-2. The molecule has 0 aliphatic heterocycles. The van der Waals surface area contributed by atoms with Crippen LogP contribution in [0.5, 0.6) is 0 Å². The van der Waals surface area contributed by atoms with E-state index in [9.17, 15) is 0 Å². The number of hydrogen-bond donors (Lipinski definition) is 0. The fraction of sp³-hybridized carbons (Fsp3) is 0.297. The van der Waals surface area contributed by atoms with Gasteiger partial charge in [0, 0.05) is 35.1 Å². The Labute approximate surface area is 298 Å². The van der Waals surface area contributed by atoms with Gasteiger partial charge in [0.05, 0.1) is 0 Å². The molecular formula is C37H47Cl2N4PRu. The van der Waals surface area contributed by atoms with Crippen molar-refractivity contribution in [1.82, 2.24) is 14.5 Å². The van der Waals surface area contributed by atoms with E-state index >= 15 is 0 Å². The average Bonchev–Trinajstić information content (AvgIpc) is 3.31. The van der Waals surface area contributed by atoms with Crippen LogP contribution in [0.3, 0.4) is 0 Å². The van der Waals surface area contributed by atoms with Crippen molar-refractivity contribution in [1.29, 1.82) is 0 Å². The van der Waals surface area contributed by atoms with Crippen LogP contribution in [0, 0.1) is 27.2 Å². The first-order chi connectivity index (χ1) is 19.9. The molecule has 0 aliphatic rings. The van der Waals surface area contributed by atoms with Crippen LogP contribution in [0.25, 0.3) is 5.69 Å². The van der Waals surface area contributed by atoms with Crippen molar-refractivity contribution in [2.45, 2.75) is 72.6 Å². The molecule has 0 fully saturated rings. The molecular weight excluding hydrogens is 703 g/mol. The summed E-state index contributed by atoms with van der Waals surface area (Å²) in [5.41, 5.74) is 6.46. The van der Waals surface area contributed by atoms with E-state index in [1.807, 2.05) is 36.4 Å². The molecule has 0 bridgehead atoms. The van der Waals surface area contributed by atoms with Gasteiger partial charge in [0.1, 0.15) is 26.2 Å². The first kappa shape index (κ1) is 42.5. The maximum absolute atomic E-state index is 3.78. The fourth-order valence-electron chi connectivity index (χ4n) is 5.42. The molecule has 0 amide bonds. The van der Waals surface area contributed by atoms with Crippen LogP contribution < -0.4 is 29.2 Å². The summed E-state index contributed by atoms with van der Waals surface area (Å²) < 4.78 is 4.95. The molecule has 45 heavy (non-hydrogen) atoms. The summed E-state index contributed by atoms with van der Waals surface area (Å²) in [7, 11) is -0.485. The van der Waals surface area contributed by atoms with Crippen molar-refractivity contribution >= 4 is 8.07 Å². The van der Waals surface area contributed by atoms with Gasteiger partial charge in [-0.25, -0.2) is 8.90 Å². The Morgan fingerprint density at radius 2 is 1.09 bits per heavy atom. The molecule has 8 heteroatoms. The van der Waals surface area contributed by atoms with E-state index in [4.69, 9.17) is 0 Å². The van der Waals surface area contributed by atoms with Gasteiger partial charge >= 0.3 is 19.5 Å². The Hall–Kier alpha value is -2.55. The minimum absolute atomic E-state index is 0. The molecule has 5 rings (SSSR count). The van der Waals surface area contributed by atoms with Crippen LogP contribution in [0.15, 0.2) is 116 Å². The Bertz CT molecular complexity index is 1380. The number of nitrogens with zero attached hydrogens (tertiary/aromatic N) is 4. The van der Waals surface area contributed by atoms with E-state index in [1.165, 1.54) is 33.8 Å². The van der Waals surface area contributed by atoms with E-state index < -0.39 is 8.07 Å². The van der Waals surface area contributed by atoms with Gasteiger partial charge in [0.2, 0.25) is 5.82 Å². The summed E-state index contributed by atoms with van der Waals surface area (Å²) >= 11 is 0. The third kappa shape index (κ3) is 13.0. The first-order valence-corrected chi connectivity index (χ1v) is 15.8. The molecule has 0 saturated carbocycles. The van der Waals surface area contributed by atoms with Crippen LogP contribution in [0.4, 0.5) is 0 Å². The molecule has 0 unspecified atom stereocenters. The maximum Gasteiger partial charge on any atom is 2.00 e. The van der Waals surface area contributed by atoms with Crippen molar-refractivity contribution in [3.05, 3.63) is 151 Å². The number of pyridine rings is 2. The van der Waals surface area contributed by atoms with E-state index in [0.29, 0.717) is 0 Å². The van der Waals surface area contributed by atoms with Crippen LogP contribution in [-0.2, 0) is 19.5 Å². The summed E-state index contributed by atoms with van der Waals surface area (Å²) in [6, 6.07) is 26.7. The number of rotatable bonds is 4. The molecule has 5 aromatic rings. The van der Waals surface area contributed by atoms with Gasteiger partial charge in [0.15, 0.2) is 0 Å². The van der Waals surface area contributed by atoms with Gasteiger partial charge in [-0.05, 0) is 56.2 Å². The second-order valence-electron chi connectivity index (χ2n) is 12.4. The van der Waals surface area contributed by atoms with Gasteiger partial charge < -0.3 is 24.8 Å². The molecule has 0 saturated heterocycles. The SMILES string of the molecule is Cc1cc(C)c(-n2cc[n+](P(C(C)(C)C)C(C)(C)C)c2[CH-]c2ccccc2)c(C)c1.[Cl-].[Cl-].[Ru+2].c1ccncc1.c1ccncc1. The molecule has 0 atom stereocenters. The number of benzene rings is 2. The van der Waals surface area contributed by atoms with Crippen LogP contribution in [0.1, 0.15) is 69.6 Å². The number of aromatic nitrogens is 4. The maximum atomic E-state index is 3.78. The van der Waals surface area contributed by atoms with Crippen LogP contribution >= 0.6 is 8.07 Å². The quantitative estimate of drug-likeness (QED) is 0.161. The number of aryl methyl sites for hydroxylation is 3. The second kappa shape index (κ2) is 19.9. The smallest absolute Gasteiger partial charge is 1.00 e. The molecule has 4 nitrogen and oxygen atoms in total. The Morgan fingerprint density at radius 1 is 0.667 bits per heavy atom. The van der Waals surface area contributed by atoms with Gasteiger partial charge in [0.25, 0.3) is 0 Å². The molecule has 3 heterocycles. The number of halogens is 2. The Morgan fingerprint density at radius 3 is 1.44 bits per heavy atom. The van der Waals surface area contributed by atoms with Crippen molar-refractivity contribution in [2.75, 3.05) is 0 Å². The monoisotopic (exact) mass is 750 g/mol. The van der Waals surface area contributed by atoms with Gasteiger partial charge in [-0.3, -0.25) is 9.97 Å². The van der Waals surface area contributed by atoms with Gasteiger partial charge in [-0.1, -0.05) is 83.9 Å². The third-order valence-electron chi connectivity index (χ3n) is 6.43. The zero-order valence-electron chi connectivity index (χ0n) is 27.9. The van der Waals surface area contributed by atoms with Crippen molar-refractivity contribution in [2.24, 2.45) is 0 Å². The molecule has 0 aliphatic carbocycles. The fourth-order valence-corrected chi connectivity index (χ4v) is 9.27. The molecule has 2 aromatic carbocycles. The topological polar surface area (TPSA) is 34.6 Å². The minimum Gasteiger partial charge on any atom is -1.00 e. The Kier molecular flexibility index (Phi) is 18.7. The summed E-state index contributed by atoms with van der Waals surface area (Å²) in [6.45, 7) is 20.9. The third-order valence-corrected chi connectivity index (χ3v) is 9.74. The first-order valence-electron chi connectivity index (χ1n) is 14.5. The summed E-state index contributed by atoms with van der Waals surface area (Å²) in [5, 5.41) is 0.363. The van der Waals surface area contributed by atoms with Crippen LogP contribution in [0.2, 0.25) is 0 Å². The average molecular weight is 751 g/mol. The second-order valence-corrected chi connectivity index (χ2v) is 16.1. The van der Waals surface area contributed by atoms with Gasteiger partial charge in [-0.15, -0.1) is 12.1 Å². The van der Waals surface area contributed by atoms with Crippen molar-refractivity contribution in [3.63, 3.8) is 0 Å². The number of hydrogen-bond acceptors (Lipinski definition) is 2. The van der Waals surface area contributed by atoms with Gasteiger partial charge in [-0.2, -0.15) is 17.7 Å². The van der Waals surface area contributed by atoms with Crippen molar-refractivity contribution in [3.8, 4) is 5.69 Å². The van der Waals surface area contributed by atoms with Crippen molar-refractivity contribution < 1.29 is 48.6 Å².